The van der Waals surface area contributed by atoms with Crippen molar-refractivity contribution in [3.8, 4) is 11.1 Å². The van der Waals surface area contributed by atoms with E-state index in [0.29, 0.717) is 0 Å². The quantitative estimate of drug-likeness (QED) is 0.589. The summed E-state index contributed by atoms with van der Waals surface area (Å²) in [4.78, 5) is 12.2. The number of rotatable bonds is 2. The Labute approximate surface area is 162 Å². The van der Waals surface area contributed by atoms with Gasteiger partial charge in [0.25, 0.3) is 0 Å². The highest BCUT2D eigenvalue weighted by atomic mass is 16.4. The van der Waals surface area contributed by atoms with Gasteiger partial charge in [0.15, 0.2) is 0 Å². The van der Waals surface area contributed by atoms with Gasteiger partial charge in [-0.1, -0.05) is 82.5 Å². The van der Waals surface area contributed by atoms with Crippen molar-refractivity contribution < 1.29 is 9.90 Å². The van der Waals surface area contributed by atoms with Crippen LogP contribution in [-0.4, -0.2) is 11.1 Å². The molecule has 1 fully saturated rings. The van der Waals surface area contributed by atoms with Gasteiger partial charge in [0.1, 0.15) is 0 Å². The minimum Gasteiger partial charge on any atom is -0.481 e. The third-order valence-electron chi connectivity index (χ3n) is 7.71. The van der Waals surface area contributed by atoms with E-state index in [1.165, 1.54) is 34.2 Å². The molecule has 2 heteroatoms. The van der Waals surface area contributed by atoms with Gasteiger partial charge in [0, 0.05) is 0 Å². The van der Waals surface area contributed by atoms with E-state index < -0.39 is 5.97 Å². The van der Waals surface area contributed by atoms with E-state index in [1.54, 1.807) is 0 Å². The molecule has 0 heterocycles. The number of aliphatic carboxylic acids is 1. The first-order chi connectivity index (χ1) is 12.9. The monoisotopic (exact) mass is 362 g/mol. The fraction of sp³-hybridized carbons (Fsp3) is 0.480. The predicted octanol–water partition coefficient (Wildman–Crippen LogP) is 6.21. The van der Waals surface area contributed by atoms with Crippen LogP contribution in [0.4, 0.5) is 0 Å². The molecule has 142 valence electrons. The van der Waals surface area contributed by atoms with Crippen molar-refractivity contribution in [2.75, 3.05) is 0 Å². The SMILES string of the molecule is CC1(c2cccc3c2Cc2ccccc2-3)CCCCCC(C(=O)O)C1(C)C. The number of hydrogen-bond acceptors (Lipinski definition) is 1. The Morgan fingerprint density at radius 2 is 1.70 bits per heavy atom. The number of fused-ring (bicyclic) bond motifs is 3. The number of hydrogen-bond donors (Lipinski definition) is 1. The summed E-state index contributed by atoms with van der Waals surface area (Å²) in [5.74, 6) is -0.938. The van der Waals surface area contributed by atoms with E-state index in [4.69, 9.17) is 0 Å². The zero-order valence-electron chi connectivity index (χ0n) is 16.7. The van der Waals surface area contributed by atoms with Gasteiger partial charge in [-0.25, -0.2) is 0 Å². The first-order valence-electron chi connectivity index (χ1n) is 10.3. The van der Waals surface area contributed by atoms with Crippen molar-refractivity contribution in [1.29, 1.82) is 0 Å². The van der Waals surface area contributed by atoms with E-state index in [0.717, 1.165) is 32.1 Å². The number of benzene rings is 2. The van der Waals surface area contributed by atoms with Gasteiger partial charge in [-0.3, -0.25) is 4.79 Å². The molecule has 27 heavy (non-hydrogen) atoms. The molecule has 2 atom stereocenters. The fourth-order valence-corrected chi connectivity index (χ4v) is 5.66. The normalized spacial score (nSPS) is 26.6. The molecule has 1 saturated carbocycles. The highest BCUT2D eigenvalue weighted by molar-refractivity contribution is 5.78. The number of carboxylic acids is 1. The van der Waals surface area contributed by atoms with Crippen molar-refractivity contribution in [2.45, 2.75) is 64.7 Å². The van der Waals surface area contributed by atoms with Crippen molar-refractivity contribution in [3.63, 3.8) is 0 Å². The van der Waals surface area contributed by atoms with E-state index >= 15 is 0 Å². The molecule has 0 saturated heterocycles. The molecule has 0 aliphatic heterocycles. The second kappa shape index (κ2) is 6.51. The Bertz CT molecular complexity index is 880. The molecule has 2 aromatic carbocycles. The minimum absolute atomic E-state index is 0.149. The largest absolute Gasteiger partial charge is 0.481 e. The molecular formula is C25H30O2. The maximum atomic E-state index is 12.2. The van der Waals surface area contributed by atoms with Crippen LogP contribution in [0.5, 0.6) is 0 Å². The number of carboxylic acid groups (broad SMARTS) is 1. The average molecular weight is 363 g/mol. The van der Waals surface area contributed by atoms with Crippen LogP contribution in [0.25, 0.3) is 11.1 Å². The van der Waals surface area contributed by atoms with Crippen LogP contribution in [0, 0.1) is 11.3 Å². The summed E-state index contributed by atoms with van der Waals surface area (Å²) in [6, 6.07) is 15.4. The average Bonchev–Trinajstić information content (AvgIpc) is 3.01. The maximum Gasteiger partial charge on any atom is 0.307 e. The summed E-state index contributed by atoms with van der Waals surface area (Å²) >= 11 is 0. The summed E-state index contributed by atoms with van der Waals surface area (Å²) in [7, 11) is 0. The van der Waals surface area contributed by atoms with Gasteiger partial charge < -0.3 is 5.11 Å². The van der Waals surface area contributed by atoms with Crippen molar-refractivity contribution in [2.24, 2.45) is 11.3 Å². The lowest BCUT2D eigenvalue weighted by Gasteiger charge is -2.50. The lowest BCUT2D eigenvalue weighted by molar-refractivity contribution is -0.149. The van der Waals surface area contributed by atoms with Crippen LogP contribution in [0.15, 0.2) is 42.5 Å². The van der Waals surface area contributed by atoms with E-state index in [1.807, 2.05) is 0 Å². The lowest BCUT2D eigenvalue weighted by atomic mass is 9.53. The summed E-state index contributed by atoms with van der Waals surface area (Å²) < 4.78 is 0. The van der Waals surface area contributed by atoms with Gasteiger partial charge in [-0.2, -0.15) is 0 Å². The molecule has 4 rings (SSSR count). The molecule has 0 aromatic heterocycles. The molecule has 0 amide bonds. The van der Waals surface area contributed by atoms with Crippen LogP contribution >= 0.6 is 0 Å². The lowest BCUT2D eigenvalue weighted by Crippen LogP contribution is -2.48. The Hall–Kier alpha value is -2.09. The van der Waals surface area contributed by atoms with Crippen molar-refractivity contribution in [3.05, 3.63) is 59.2 Å². The molecule has 2 aromatic rings. The van der Waals surface area contributed by atoms with Crippen LogP contribution in [0.3, 0.4) is 0 Å². The molecule has 0 spiro atoms. The zero-order valence-corrected chi connectivity index (χ0v) is 16.7. The fourth-order valence-electron chi connectivity index (χ4n) is 5.66. The highest BCUT2D eigenvalue weighted by Gasteiger charge is 2.51. The number of carbonyl (C=O) groups is 1. The first-order valence-corrected chi connectivity index (χ1v) is 10.3. The van der Waals surface area contributed by atoms with Gasteiger partial charge >= 0.3 is 5.97 Å². The second-order valence-electron chi connectivity index (χ2n) is 9.21. The third kappa shape index (κ3) is 2.72. The molecule has 1 N–H and O–H groups in total. The van der Waals surface area contributed by atoms with Gasteiger partial charge in [-0.15, -0.1) is 0 Å². The maximum absolute atomic E-state index is 12.2. The third-order valence-corrected chi connectivity index (χ3v) is 7.71. The van der Waals surface area contributed by atoms with Gasteiger partial charge in [0.05, 0.1) is 5.92 Å². The topological polar surface area (TPSA) is 37.3 Å². The van der Waals surface area contributed by atoms with E-state index in [-0.39, 0.29) is 16.7 Å². The first kappa shape index (κ1) is 18.3. The Morgan fingerprint density at radius 3 is 2.48 bits per heavy atom. The summed E-state index contributed by atoms with van der Waals surface area (Å²) in [6.45, 7) is 6.71. The molecule has 2 nitrogen and oxygen atoms in total. The minimum atomic E-state index is -0.635. The van der Waals surface area contributed by atoms with Crippen LogP contribution in [0.2, 0.25) is 0 Å². The predicted molar refractivity (Wildman–Crippen MR) is 110 cm³/mol. The summed E-state index contributed by atoms with van der Waals surface area (Å²) in [5, 5.41) is 10.0. The van der Waals surface area contributed by atoms with Gasteiger partial charge in [0.2, 0.25) is 0 Å². The van der Waals surface area contributed by atoms with Crippen LogP contribution in [0.1, 0.15) is 69.6 Å². The zero-order chi connectivity index (χ0) is 19.2. The molecule has 0 bridgehead atoms. The van der Waals surface area contributed by atoms with Gasteiger partial charge in [-0.05, 0) is 57.9 Å². The molecule has 2 aliphatic rings. The molecule has 2 aliphatic carbocycles. The summed E-state index contributed by atoms with van der Waals surface area (Å²) in [5.41, 5.74) is 6.41. The molecular weight excluding hydrogens is 332 g/mol. The molecule has 0 radical (unpaired) electrons. The standard InChI is InChI=1S/C25H30O2/c1-24(2)22(23(26)27)13-5-4-8-15-25(24,3)21-14-9-12-19-18-11-7-6-10-17(18)16-20(19)21/h6-7,9-12,14,22H,4-5,8,13,15-16H2,1-3H3,(H,26,27). The van der Waals surface area contributed by atoms with Crippen LogP contribution in [-0.2, 0) is 16.6 Å². The summed E-state index contributed by atoms with van der Waals surface area (Å²) in [6.07, 6.45) is 6.12. The Morgan fingerprint density at radius 1 is 0.963 bits per heavy atom. The highest BCUT2D eigenvalue weighted by Crippen LogP contribution is 2.55. The van der Waals surface area contributed by atoms with Crippen LogP contribution < -0.4 is 0 Å². The van der Waals surface area contributed by atoms with Crippen molar-refractivity contribution >= 4 is 5.97 Å². The Balaban J connectivity index is 1.88. The molecule has 2 unspecified atom stereocenters. The smallest absolute Gasteiger partial charge is 0.307 e. The van der Waals surface area contributed by atoms with E-state index in [2.05, 4.69) is 63.2 Å². The van der Waals surface area contributed by atoms with Crippen molar-refractivity contribution in [1.82, 2.24) is 0 Å². The second-order valence-corrected chi connectivity index (χ2v) is 9.21. The van der Waals surface area contributed by atoms with E-state index in [9.17, 15) is 9.90 Å². The Kier molecular flexibility index (Phi) is 4.41.